The van der Waals surface area contributed by atoms with E-state index in [0.717, 1.165) is 43.7 Å². The summed E-state index contributed by atoms with van der Waals surface area (Å²) in [7, 11) is 1.66. The molecule has 4 nitrogen and oxygen atoms in total. The lowest BCUT2D eigenvalue weighted by atomic mass is 9.67. The molecule has 1 N–H and O–H groups in total. The van der Waals surface area contributed by atoms with E-state index in [4.69, 9.17) is 4.74 Å². The Labute approximate surface area is 121 Å². The molecule has 2 fully saturated rings. The smallest absolute Gasteiger partial charge is 0.162 e. The van der Waals surface area contributed by atoms with Crippen LogP contribution in [0.1, 0.15) is 64.0 Å². The topological polar surface area (TPSA) is 47.3 Å². The molecule has 2 aliphatic rings. The molecule has 2 saturated carbocycles. The molecule has 0 aliphatic heterocycles. The second kappa shape index (κ2) is 5.06. The monoisotopic (exact) mass is 278 g/mol. The van der Waals surface area contributed by atoms with E-state index >= 15 is 0 Å². The highest BCUT2D eigenvalue weighted by molar-refractivity contribution is 5.31. The van der Waals surface area contributed by atoms with Gasteiger partial charge in [0.1, 0.15) is 11.3 Å². The number of aromatic nitrogens is 2. The van der Waals surface area contributed by atoms with Gasteiger partial charge in [0.05, 0.1) is 13.3 Å². The number of aryl methyl sites for hydroxylation is 1. The maximum absolute atomic E-state index is 11.2. The number of aliphatic hydroxyl groups is 1. The predicted molar refractivity (Wildman–Crippen MR) is 77.7 cm³/mol. The molecular formula is C16H26N2O2. The molecule has 3 rings (SSSR count). The lowest BCUT2D eigenvalue weighted by molar-refractivity contribution is -0.0453. The Hall–Kier alpha value is -1.03. The minimum atomic E-state index is -0.758. The maximum atomic E-state index is 11.2. The Morgan fingerprint density at radius 2 is 1.85 bits per heavy atom. The van der Waals surface area contributed by atoms with Gasteiger partial charge in [-0.2, -0.15) is 5.10 Å². The summed E-state index contributed by atoms with van der Waals surface area (Å²) in [6.07, 6.45) is 11.1. The minimum Gasteiger partial charge on any atom is -0.493 e. The van der Waals surface area contributed by atoms with Crippen molar-refractivity contribution in [2.24, 2.45) is 5.41 Å². The summed E-state index contributed by atoms with van der Waals surface area (Å²) in [5.74, 6) is 0.733. The first-order chi connectivity index (χ1) is 9.62. The van der Waals surface area contributed by atoms with Gasteiger partial charge in [-0.25, -0.2) is 0 Å². The molecule has 0 bridgehead atoms. The number of hydrogen-bond donors (Lipinski definition) is 1. The SMILES string of the molecule is CCn1ncc(OC)c1C1(O)CCC2(CCCC2)CC1. The van der Waals surface area contributed by atoms with Crippen LogP contribution in [-0.2, 0) is 12.1 Å². The van der Waals surface area contributed by atoms with Gasteiger partial charge in [-0.05, 0) is 50.9 Å². The van der Waals surface area contributed by atoms with Crippen LogP contribution in [0, 0.1) is 5.41 Å². The summed E-state index contributed by atoms with van der Waals surface area (Å²) >= 11 is 0. The number of rotatable bonds is 3. The molecule has 2 aliphatic carbocycles. The van der Waals surface area contributed by atoms with Gasteiger partial charge in [-0.15, -0.1) is 0 Å². The normalized spacial score (nSPS) is 24.1. The first kappa shape index (κ1) is 13.9. The first-order valence-corrected chi connectivity index (χ1v) is 7.95. The number of hydrogen-bond acceptors (Lipinski definition) is 3. The number of ether oxygens (including phenoxy) is 1. The molecule has 1 aromatic rings. The maximum Gasteiger partial charge on any atom is 0.162 e. The zero-order chi connectivity index (χ0) is 14.2. The van der Waals surface area contributed by atoms with Gasteiger partial charge >= 0.3 is 0 Å². The van der Waals surface area contributed by atoms with Crippen LogP contribution in [0.15, 0.2) is 6.20 Å². The van der Waals surface area contributed by atoms with Crippen LogP contribution in [-0.4, -0.2) is 22.0 Å². The second-order valence-corrected chi connectivity index (χ2v) is 6.62. The Bertz CT molecular complexity index is 443. The van der Waals surface area contributed by atoms with E-state index in [0.29, 0.717) is 5.41 Å². The highest BCUT2D eigenvalue weighted by Gasteiger charge is 2.46. The molecule has 0 aromatic carbocycles. The van der Waals surface area contributed by atoms with Gasteiger partial charge in [0.2, 0.25) is 0 Å². The van der Waals surface area contributed by atoms with Crippen LogP contribution >= 0.6 is 0 Å². The van der Waals surface area contributed by atoms with Crippen molar-refractivity contribution in [3.05, 3.63) is 11.9 Å². The van der Waals surface area contributed by atoms with E-state index in [2.05, 4.69) is 12.0 Å². The van der Waals surface area contributed by atoms with Crippen LogP contribution < -0.4 is 4.74 Å². The highest BCUT2D eigenvalue weighted by Crippen LogP contribution is 2.54. The third kappa shape index (κ3) is 2.14. The molecule has 1 heterocycles. The zero-order valence-corrected chi connectivity index (χ0v) is 12.7. The third-order valence-electron chi connectivity index (χ3n) is 5.57. The standard InChI is InChI=1S/C16H26N2O2/c1-3-18-14(13(20-2)12-17-18)16(19)10-8-15(9-11-16)6-4-5-7-15/h12,19H,3-11H2,1-2H3. The van der Waals surface area contributed by atoms with E-state index in [9.17, 15) is 5.11 Å². The molecule has 0 radical (unpaired) electrons. The van der Waals surface area contributed by atoms with E-state index in [1.54, 1.807) is 13.3 Å². The van der Waals surface area contributed by atoms with Crippen LogP contribution in [0.4, 0.5) is 0 Å². The number of methoxy groups -OCH3 is 1. The predicted octanol–water partition coefficient (Wildman–Crippen LogP) is 3.23. The second-order valence-electron chi connectivity index (χ2n) is 6.62. The molecule has 1 aromatic heterocycles. The summed E-state index contributed by atoms with van der Waals surface area (Å²) in [5, 5.41) is 15.5. The van der Waals surface area contributed by atoms with Crippen molar-refractivity contribution in [3.63, 3.8) is 0 Å². The van der Waals surface area contributed by atoms with E-state index in [-0.39, 0.29) is 0 Å². The number of nitrogens with zero attached hydrogens (tertiary/aromatic N) is 2. The molecule has 0 saturated heterocycles. The van der Waals surface area contributed by atoms with Crippen molar-refractivity contribution in [1.29, 1.82) is 0 Å². The van der Waals surface area contributed by atoms with Crippen molar-refractivity contribution < 1.29 is 9.84 Å². The van der Waals surface area contributed by atoms with Crippen molar-refractivity contribution in [2.75, 3.05) is 7.11 Å². The van der Waals surface area contributed by atoms with Crippen LogP contribution in [0.25, 0.3) is 0 Å². The van der Waals surface area contributed by atoms with Gasteiger partial charge in [0.25, 0.3) is 0 Å². The fourth-order valence-electron chi connectivity index (χ4n) is 4.28. The van der Waals surface area contributed by atoms with Crippen molar-refractivity contribution in [1.82, 2.24) is 9.78 Å². The lowest BCUT2D eigenvalue weighted by Gasteiger charge is -2.42. The average molecular weight is 278 g/mol. The van der Waals surface area contributed by atoms with Crippen molar-refractivity contribution in [2.45, 2.75) is 70.4 Å². The molecule has 0 unspecified atom stereocenters. The largest absolute Gasteiger partial charge is 0.493 e. The van der Waals surface area contributed by atoms with E-state index in [1.165, 1.54) is 25.7 Å². The summed E-state index contributed by atoms with van der Waals surface area (Å²) < 4.78 is 7.31. The molecule has 4 heteroatoms. The molecular weight excluding hydrogens is 252 g/mol. The first-order valence-electron chi connectivity index (χ1n) is 7.95. The Balaban J connectivity index is 1.85. The summed E-state index contributed by atoms with van der Waals surface area (Å²) in [6.45, 7) is 2.83. The molecule has 0 amide bonds. The van der Waals surface area contributed by atoms with Gasteiger partial charge in [-0.3, -0.25) is 4.68 Å². The Morgan fingerprint density at radius 3 is 2.40 bits per heavy atom. The van der Waals surface area contributed by atoms with Gasteiger partial charge in [0, 0.05) is 6.54 Å². The van der Waals surface area contributed by atoms with Gasteiger partial charge < -0.3 is 9.84 Å². The molecule has 20 heavy (non-hydrogen) atoms. The fraction of sp³-hybridized carbons (Fsp3) is 0.812. The minimum absolute atomic E-state index is 0.524. The average Bonchev–Trinajstić information content (AvgIpc) is 3.10. The van der Waals surface area contributed by atoms with E-state index < -0.39 is 5.60 Å². The van der Waals surface area contributed by atoms with Crippen LogP contribution in [0.3, 0.4) is 0 Å². The Morgan fingerprint density at radius 1 is 1.20 bits per heavy atom. The van der Waals surface area contributed by atoms with Crippen molar-refractivity contribution in [3.8, 4) is 5.75 Å². The fourth-order valence-corrected chi connectivity index (χ4v) is 4.28. The summed E-state index contributed by atoms with van der Waals surface area (Å²) in [4.78, 5) is 0. The quantitative estimate of drug-likeness (QED) is 0.923. The van der Waals surface area contributed by atoms with Crippen LogP contribution in [0.5, 0.6) is 5.75 Å². The molecule has 0 atom stereocenters. The van der Waals surface area contributed by atoms with Gasteiger partial charge in [0.15, 0.2) is 5.75 Å². The molecule has 1 spiro atoms. The van der Waals surface area contributed by atoms with Crippen LogP contribution in [0.2, 0.25) is 0 Å². The highest BCUT2D eigenvalue weighted by atomic mass is 16.5. The van der Waals surface area contributed by atoms with Crippen molar-refractivity contribution >= 4 is 0 Å². The molecule has 112 valence electrons. The Kier molecular flexibility index (Phi) is 3.53. The zero-order valence-electron chi connectivity index (χ0n) is 12.7. The summed E-state index contributed by atoms with van der Waals surface area (Å²) in [6, 6.07) is 0. The summed E-state index contributed by atoms with van der Waals surface area (Å²) in [5.41, 5.74) is 0.651. The third-order valence-corrected chi connectivity index (χ3v) is 5.57. The van der Waals surface area contributed by atoms with Gasteiger partial charge in [-0.1, -0.05) is 12.8 Å². The lowest BCUT2D eigenvalue weighted by Crippen LogP contribution is -2.38. The van der Waals surface area contributed by atoms with E-state index in [1.807, 2.05) is 4.68 Å².